The number of halogens is 1. The number of hydrogen-bond donors (Lipinski definition) is 1. The van der Waals surface area contributed by atoms with Crippen LogP contribution in [0.1, 0.15) is 10.5 Å². The number of carbonyl (C=O) groups is 2. The monoisotopic (exact) mass is 185 g/mol. The van der Waals surface area contributed by atoms with Gasteiger partial charge < -0.3 is 5.32 Å². The van der Waals surface area contributed by atoms with Gasteiger partial charge in [0.05, 0.1) is 6.20 Å². The zero-order valence-electron chi connectivity index (χ0n) is 5.82. The van der Waals surface area contributed by atoms with Crippen LogP contribution in [0, 0.1) is 0 Å². The summed E-state index contributed by atoms with van der Waals surface area (Å²) in [6, 6.07) is 0. The minimum atomic E-state index is 0.0477. The van der Waals surface area contributed by atoms with Gasteiger partial charge >= 0.3 is 0 Å². The summed E-state index contributed by atoms with van der Waals surface area (Å²) in [6.45, 7) is 0. The topological polar surface area (TPSA) is 72.0 Å². The zero-order valence-corrected chi connectivity index (χ0v) is 6.58. The first-order valence-electron chi connectivity index (χ1n) is 2.96. The Balaban J connectivity index is 3.11. The van der Waals surface area contributed by atoms with E-state index in [4.69, 9.17) is 11.6 Å². The summed E-state index contributed by atoms with van der Waals surface area (Å²) in [6.07, 6.45) is 2.10. The standard InChI is InChI=1S/C6H4ClN3O2/c7-5-1-8-4(2-11)6(10-5)9-3-12/h1-3H,(H,9,10,12). The quantitative estimate of drug-likeness (QED) is 0.697. The minimum Gasteiger partial charge on any atom is -0.311 e. The Morgan fingerprint density at radius 2 is 2.25 bits per heavy atom. The number of nitrogens with one attached hydrogen (secondary N) is 1. The summed E-state index contributed by atoms with van der Waals surface area (Å²) >= 11 is 5.46. The van der Waals surface area contributed by atoms with E-state index >= 15 is 0 Å². The van der Waals surface area contributed by atoms with Crippen molar-refractivity contribution < 1.29 is 9.59 Å². The molecular weight excluding hydrogens is 182 g/mol. The van der Waals surface area contributed by atoms with E-state index in [9.17, 15) is 9.59 Å². The fraction of sp³-hybridized carbons (Fsp3) is 0. The van der Waals surface area contributed by atoms with Crippen LogP contribution in [0.3, 0.4) is 0 Å². The molecule has 1 aromatic heterocycles. The van der Waals surface area contributed by atoms with Crippen LogP contribution in [0.4, 0.5) is 5.82 Å². The highest BCUT2D eigenvalue weighted by Crippen LogP contribution is 2.10. The molecule has 1 N–H and O–H groups in total. The van der Waals surface area contributed by atoms with Crippen molar-refractivity contribution in [2.24, 2.45) is 0 Å². The zero-order chi connectivity index (χ0) is 8.97. The second kappa shape index (κ2) is 3.77. The molecule has 62 valence electrons. The third-order valence-electron chi connectivity index (χ3n) is 1.08. The van der Waals surface area contributed by atoms with Gasteiger partial charge in [-0.15, -0.1) is 0 Å². The van der Waals surface area contributed by atoms with Crippen LogP contribution in [0.15, 0.2) is 6.20 Å². The molecule has 0 bridgehead atoms. The fourth-order valence-corrected chi connectivity index (χ4v) is 0.758. The van der Waals surface area contributed by atoms with Crippen LogP contribution >= 0.6 is 11.6 Å². The number of anilines is 1. The lowest BCUT2D eigenvalue weighted by Crippen LogP contribution is -2.03. The molecule has 0 radical (unpaired) electrons. The molecule has 0 saturated heterocycles. The van der Waals surface area contributed by atoms with Gasteiger partial charge in [0.25, 0.3) is 0 Å². The van der Waals surface area contributed by atoms with E-state index in [1.165, 1.54) is 6.20 Å². The molecular formula is C6H4ClN3O2. The van der Waals surface area contributed by atoms with Gasteiger partial charge in [0.15, 0.2) is 12.1 Å². The van der Waals surface area contributed by atoms with Crippen molar-refractivity contribution in [3.05, 3.63) is 17.0 Å². The summed E-state index contributed by atoms with van der Waals surface area (Å²) in [5, 5.41) is 2.31. The predicted molar refractivity (Wildman–Crippen MR) is 42.1 cm³/mol. The maximum Gasteiger partial charge on any atom is 0.212 e. The Morgan fingerprint density at radius 3 is 2.83 bits per heavy atom. The molecule has 5 nitrogen and oxygen atoms in total. The molecule has 0 aliphatic carbocycles. The molecule has 0 unspecified atom stereocenters. The number of hydrogen-bond acceptors (Lipinski definition) is 4. The highest BCUT2D eigenvalue weighted by atomic mass is 35.5. The van der Waals surface area contributed by atoms with Crippen molar-refractivity contribution in [2.45, 2.75) is 0 Å². The van der Waals surface area contributed by atoms with Crippen LogP contribution in [-0.4, -0.2) is 22.7 Å². The SMILES string of the molecule is O=CNc1nc(Cl)cnc1C=O. The van der Waals surface area contributed by atoms with E-state index in [2.05, 4.69) is 15.3 Å². The first kappa shape index (κ1) is 8.61. The van der Waals surface area contributed by atoms with Gasteiger partial charge in [-0.3, -0.25) is 9.59 Å². The number of aldehydes is 1. The van der Waals surface area contributed by atoms with E-state index in [0.717, 1.165) is 0 Å². The largest absolute Gasteiger partial charge is 0.311 e. The van der Waals surface area contributed by atoms with Gasteiger partial charge in [0.2, 0.25) is 6.41 Å². The van der Waals surface area contributed by atoms with Crippen molar-refractivity contribution >= 4 is 30.1 Å². The molecule has 1 heterocycles. The summed E-state index contributed by atoms with van der Waals surface area (Å²) < 4.78 is 0. The summed E-state index contributed by atoms with van der Waals surface area (Å²) in [7, 11) is 0. The lowest BCUT2D eigenvalue weighted by molar-refractivity contribution is -0.105. The van der Waals surface area contributed by atoms with Gasteiger partial charge in [-0.2, -0.15) is 0 Å². The Labute approximate surface area is 72.8 Å². The van der Waals surface area contributed by atoms with Crippen molar-refractivity contribution in [1.82, 2.24) is 9.97 Å². The molecule has 1 aromatic rings. The summed E-state index contributed by atoms with van der Waals surface area (Å²) in [4.78, 5) is 27.6. The molecule has 1 rings (SSSR count). The molecule has 6 heteroatoms. The Bertz CT molecular complexity index is 316. The molecule has 1 amide bonds. The van der Waals surface area contributed by atoms with E-state index in [-0.39, 0.29) is 16.7 Å². The van der Waals surface area contributed by atoms with Crippen molar-refractivity contribution in [2.75, 3.05) is 5.32 Å². The fourth-order valence-electron chi connectivity index (χ4n) is 0.625. The average Bonchev–Trinajstić information content (AvgIpc) is 2.05. The number of aromatic nitrogens is 2. The predicted octanol–water partition coefficient (Wildman–Crippen LogP) is 0.511. The van der Waals surface area contributed by atoms with Crippen molar-refractivity contribution in [3.8, 4) is 0 Å². The van der Waals surface area contributed by atoms with Crippen LogP contribution in [0.25, 0.3) is 0 Å². The Kier molecular flexibility index (Phi) is 2.71. The smallest absolute Gasteiger partial charge is 0.212 e. The molecule has 0 aliphatic heterocycles. The van der Waals surface area contributed by atoms with Crippen LogP contribution in [0.5, 0.6) is 0 Å². The third-order valence-corrected chi connectivity index (χ3v) is 1.26. The highest BCUT2D eigenvalue weighted by Gasteiger charge is 2.03. The molecule has 12 heavy (non-hydrogen) atoms. The molecule has 0 spiro atoms. The molecule has 0 aromatic carbocycles. The third kappa shape index (κ3) is 1.76. The maximum absolute atomic E-state index is 10.3. The van der Waals surface area contributed by atoms with Gasteiger partial charge in [-0.05, 0) is 0 Å². The highest BCUT2D eigenvalue weighted by molar-refractivity contribution is 6.29. The molecule has 0 fully saturated rings. The van der Waals surface area contributed by atoms with Crippen LogP contribution in [0.2, 0.25) is 5.15 Å². The van der Waals surface area contributed by atoms with Crippen LogP contribution < -0.4 is 5.32 Å². The molecule has 0 saturated carbocycles. The number of nitrogens with zero attached hydrogens (tertiary/aromatic N) is 2. The van der Waals surface area contributed by atoms with Crippen LogP contribution in [-0.2, 0) is 4.79 Å². The van der Waals surface area contributed by atoms with Gasteiger partial charge in [-0.1, -0.05) is 11.6 Å². The molecule has 0 atom stereocenters. The first-order chi connectivity index (χ1) is 5.77. The first-order valence-corrected chi connectivity index (χ1v) is 3.33. The lowest BCUT2D eigenvalue weighted by Gasteiger charge is -1.99. The van der Waals surface area contributed by atoms with Gasteiger partial charge in [0, 0.05) is 0 Å². The number of rotatable bonds is 3. The Morgan fingerprint density at radius 1 is 1.50 bits per heavy atom. The van der Waals surface area contributed by atoms with Gasteiger partial charge in [-0.25, -0.2) is 9.97 Å². The normalized spacial score (nSPS) is 9.08. The molecule has 0 aliphatic rings. The minimum absolute atomic E-state index is 0.0477. The second-order valence-electron chi connectivity index (χ2n) is 1.81. The van der Waals surface area contributed by atoms with Crippen molar-refractivity contribution in [1.29, 1.82) is 0 Å². The van der Waals surface area contributed by atoms with Crippen molar-refractivity contribution in [3.63, 3.8) is 0 Å². The van der Waals surface area contributed by atoms with E-state index in [0.29, 0.717) is 12.7 Å². The number of amides is 1. The van der Waals surface area contributed by atoms with Gasteiger partial charge in [0.1, 0.15) is 10.8 Å². The number of carbonyl (C=O) groups excluding carboxylic acids is 2. The van der Waals surface area contributed by atoms with E-state index < -0.39 is 0 Å². The van der Waals surface area contributed by atoms with E-state index in [1.54, 1.807) is 0 Å². The van der Waals surface area contributed by atoms with E-state index in [1.807, 2.05) is 0 Å². The Hall–Kier alpha value is -1.49. The maximum atomic E-state index is 10.3. The average molecular weight is 186 g/mol. The summed E-state index contributed by atoms with van der Waals surface area (Å²) in [5.41, 5.74) is 0.0477. The lowest BCUT2D eigenvalue weighted by atomic mass is 10.4. The summed E-state index contributed by atoms with van der Waals surface area (Å²) in [5.74, 6) is 0.0625. The second-order valence-corrected chi connectivity index (χ2v) is 2.19.